The predicted molar refractivity (Wildman–Crippen MR) is 102 cm³/mol. The number of ether oxygens (including phenoxy) is 1. The molecular weight excluding hydrogens is 320 g/mol. The molecule has 1 aromatic heterocycles. The summed E-state index contributed by atoms with van der Waals surface area (Å²) in [7, 11) is 0. The highest BCUT2D eigenvalue weighted by Crippen LogP contribution is 2.33. The van der Waals surface area contributed by atoms with Gasteiger partial charge in [0.25, 0.3) is 0 Å². The summed E-state index contributed by atoms with van der Waals surface area (Å²) >= 11 is 6.21. The van der Waals surface area contributed by atoms with Gasteiger partial charge in [-0.3, -0.25) is 0 Å². The van der Waals surface area contributed by atoms with Crippen molar-refractivity contribution in [1.82, 2.24) is 4.98 Å². The molecule has 0 radical (unpaired) electrons. The van der Waals surface area contributed by atoms with Crippen molar-refractivity contribution in [2.45, 2.75) is 26.2 Å². The van der Waals surface area contributed by atoms with Gasteiger partial charge >= 0.3 is 0 Å². The highest BCUT2D eigenvalue weighted by atomic mass is 35.5. The molecule has 3 aromatic rings. The van der Waals surface area contributed by atoms with E-state index in [-0.39, 0.29) is 0 Å². The van der Waals surface area contributed by atoms with Crippen LogP contribution in [-0.4, -0.2) is 18.1 Å². The van der Waals surface area contributed by atoms with Crippen LogP contribution in [0.3, 0.4) is 0 Å². The molecule has 0 unspecified atom stereocenters. The number of hydrogen-bond acceptors (Lipinski definition) is 2. The number of fused-ring (bicyclic) bond motifs is 1. The van der Waals surface area contributed by atoms with Gasteiger partial charge in [-0.25, -0.2) is 0 Å². The number of nitrogens with two attached hydrogens (primary N) is 1. The molecule has 0 amide bonds. The third kappa shape index (κ3) is 3.58. The van der Waals surface area contributed by atoms with E-state index < -0.39 is 0 Å². The lowest BCUT2D eigenvalue weighted by molar-refractivity contribution is 0.340. The Morgan fingerprint density at radius 1 is 1.08 bits per heavy atom. The first-order valence-corrected chi connectivity index (χ1v) is 8.84. The molecule has 0 saturated heterocycles. The number of aromatic amines is 1. The molecule has 0 fully saturated rings. The van der Waals surface area contributed by atoms with Gasteiger partial charge in [0.2, 0.25) is 0 Å². The van der Waals surface area contributed by atoms with Crippen molar-refractivity contribution in [2.75, 3.05) is 13.2 Å². The number of halogens is 1. The van der Waals surface area contributed by atoms with Gasteiger partial charge in [-0.2, -0.15) is 0 Å². The molecule has 4 heteroatoms. The number of H-pyrrole nitrogens is 1. The van der Waals surface area contributed by atoms with E-state index in [4.69, 9.17) is 22.1 Å². The van der Waals surface area contributed by atoms with E-state index in [9.17, 15) is 0 Å². The van der Waals surface area contributed by atoms with Crippen LogP contribution in [0.5, 0.6) is 5.75 Å². The van der Waals surface area contributed by atoms with Crippen LogP contribution in [0.1, 0.15) is 25.3 Å². The molecule has 3 N–H and O–H groups in total. The van der Waals surface area contributed by atoms with Crippen LogP contribution in [0.4, 0.5) is 0 Å². The number of nitrogens with one attached hydrogen (secondary N) is 1. The van der Waals surface area contributed by atoms with Crippen LogP contribution in [-0.2, 0) is 6.42 Å². The third-order valence-corrected chi connectivity index (χ3v) is 4.44. The Balaban J connectivity index is 2.03. The minimum Gasteiger partial charge on any atom is -0.494 e. The van der Waals surface area contributed by atoms with E-state index in [1.807, 2.05) is 37.3 Å². The maximum absolute atomic E-state index is 6.21. The summed E-state index contributed by atoms with van der Waals surface area (Å²) < 4.78 is 5.54. The number of benzene rings is 2. The van der Waals surface area contributed by atoms with Crippen molar-refractivity contribution < 1.29 is 4.74 Å². The number of hydrogen-bond donors (Lipinski definition) is 2. The topological polar surface area (TPSA) is 51.0 Å². The molecule has 0 aliphatic rings. The smallest absolute Gasteiger partial charge is 0.119 e. The molecule has 0 saturated carbocycles. The Kier molecular flexibility index (Phi) is 5.44. The Bertz CT molecular complexity index is 808. The highest BCUT2D eigenvalue weighted by Gasteiger charge is 2.13. The van der Waals surface area contributed by atoms with Crippen molar-refractivity contribution in [3.8, 4) is 17.0 Å². The van der Waals surface area contributed by atoms with Gasteiger partial charge in [-0.1, -0.05) is 11.6 Å². The minimum atomic E-state index is 0.675. The largest absolute Gasteiger partial charge is 0.494 e. The first-order valence-electron chi connectivity index (χ1n) is 8.46. The summed E-state index contributed by atoms with van der Waals surface area (Å²) in [5, 5.41) is 1.96. The zero-order chi connectivity index (χ0) is 16.9. The average molecular weight is 343 g/mol. The van der Waals surface area contributed by atoms with Crippen LogP contribution in [0, 0.1) is 0 Å². The second-order valence-corrected chi connectivity index (χ2v) is 6.31. The van der Waals surface area contributed by atoms with Gasteiger partial charge in [0.15, 0.2) is 0 Å². The molecule has 126 valence electrons. The summed E-state index contributed by atoms with van der Waals surface area (Å²) in [5.74, 6) is 0.894. The fourth-order valence-corrected chi connectivity index (χ4v) is 3.23. The fraction of sp³-hybridized carbons (Fsp3) is 0.300. The quantitative estimate of drug-likeness (QED) is 0.582. The van der Waals surface area contributed by atoms with Crippen molar-refractivity contribution in [2.24, 2.45) is 5.73 Å². The molecule has 1 heterocycles. The highest BCUT2D eigenvalue weighted by molar-refractivity contribution is 6.31. The molecule has 24 heavy (non-hydrogen) atoms. The number of aryl methyl sites for hydroxylation is 1. The maximum Gasteiger partial charge on any atom is 0.119 e. The normalized spacial score (nSPS) is 11.1. The van der Waals surface area contributed by atoms with E-state index in [0.29, 0.717) is 6.61 Å². The Labute approximate surface area is 147 Å². The summed E-state index contributed by atoms with van der Waals surface area (Å²) in [6, 6.07) is 14.2. The van der Waals surface area contributed by atoms with Crippen LogP contribution in [0.15, 0.2) is 42.5 Å². The maximum atomic E-state index is 6.21. The molecule has 3 nitrogen and oxygen atoms in total. The summed E-state index contributed by atoms with van der Waals surface area (Å²) in [6.45, 7) is 3.39. The number of unbranched alkanes of at least 4 members (excludes halogenated alkanes) is 1. The second-order valence-electron chi connectivity index (χ2n) is 5.87. The third-order valence-electron chi connectivity index (χ3n) is 4.20. The van der Waals surface area contributed by atoms with Crippen molar-refractivity contribution >= 4 is 22.5 Å². The lowest BCUT2D eigenvalue weighted by Gasteiger charge is -2.07. The SMILES string of the molecule is CCOc1ccc(-c2[nH]c3ccc(Cl)cc3c2CCCCN)cc1. The molecule has 0 aliphatic carbocycles. The van der Waals surface area contributed by atoms with E-state index in [0.717, 1.165) is 53.4 Å². The zero-order valence-corrected chi connectivity index (χ0v) is 14.7. The monoisotopic (exact) mass is 342 g/mol. The minimum absolute atomic E-state index is 0.675. The average Bonchev–Trinajstić information content (AvgIpc) is 2.94. The van der Waals surface area contributed by atoms with Gasteiger partial charge in [-0.05, 0) is 86.3 Å². The molecule has 0 spiro atoms. The van der Waals surface area contributed by atoms with E-state index >= 15 is 0 Å². The van der Waals surface area contributed by atoms with Crippen LogP contribution in [0.25, 0.3) is 22.2 Å². The van der Waals surface area contributed by atoms with Gasteiger partial charge < -0.3 is 15.5 Å². The van der Waals surface area contributed by atoms with Crippen molar-refractivity contribution in [3.05, 3.63) is 53.1 Å². The lowest BCUT2D eigenvalue weighted by atomic mass is 10.0. The summed E-state index contributed by atoms with van der Waals surface area (Å²) in [5.41, 5.74) is 10.4. The number of aromatic nitrogens is 1. The molecular formula is C20H23ClN2O. The fourth-order valence-electron chi connectivity index (χ4n) is 3.06. The van der Waals surface area contributed by atoms with Crippen LogP contribution in [0.2, 0.25) is 5.02 Å². The van der Waals surface area contributed by atoms with E-state index in [1.165, 1.54) is 10.9 Å². The zero-order valence-electron chi connectivity index (χ0n) is 13.9. The standard InChI is InChI=1S/C20H23ClN2O/c1-2-24-16-9-6-14(7-10-16)20-17(5-3-4-12-22)18-13-15(21)8-11-19(18)23-20/h6-11,13,23H,2-5,12,22H2,1H3. The van der Waals surface area contributed by atoms with E-state index in [1.54, 1.807) is 0 Å². The Morgan fingerprint density at radius 3 is 2.58 bits per heavy atom. The molecule has 0 aliphatic heterocycles. The van der Waals surface area contributed by atoms with Gasteiger partial charge in [0.1, 0.15) is 5.75 Å². The molecule has 2 aromatic carbocycles. The summed E-state index contributed by atoms with van der Waals surface area (Å²) in [4.78, 5) is 3.56. The molecule has 3 rings (SSSR count). The molecule has 0 bridgehead atoms. The van der Waals surface area contributed by atoms with Crippen molar-refractivity contribution in [1.29, 1.82) is 0 Å². The Morgan fingerprint density at radius 2 is 1.88 bits per heavy atom. The molecule has 0 atom stereocenters. The van der Waals surface area contributed by atoms with Crippen molar-refractivity contribution in [3.63, 3.8) is 0 Å². The first-order chi connectivity index (χ1) is 11.7. The van der Waals surface area contributed by atoms with Crippen LogP contribution >= 0.6 is 11.6 Å². The lowest BCUT2D eigenvalue weighted by Crippen LogP contribution is -1.99. The second kappa shape index (κ2) is 7.73. The van der Waals surface area contributed by atoms with Crippen LogP contribution < -0.4 is 10.5 Å². The summed E-state index contributed by atoms with van der Waals surface area (Å²) in [6.07, 6.45) is 3.08. The Hall–Kier alpha value is -1.97. The number of rotatable bonds is 7. The van der Waals surface area contributed by atoms with Gasteiger partial charge in [0.05, 0.1) is 6.61 Å². The first kappa shape index (κ1) is 16.9. The van der Waals surface area contributed by atoms with Gasteiger partial charge in [-0.15, -0.1) is 0 Å². The van der Waals surface area contributed by atoms with E-state index in [2.05, 4.69) is 17.1 Å². The van der Waals surface area contributed by atoms with Gasteiger partial charge in [0, 0.05) is 21.6 Å². The predicted octanol–water partition coefficient (Wildman–Crippen LogP) is 5.17.